The molecule has 0 heterocycles. The Hall–Kier alpha value is -0.130. The Morgan fingerprint density at radius 1 is 1.38 bits per heavy atom. The van der Waals surface area contributed by atoms with Gasteiger partial charge in [0.2, 0.25) is 10.0 Å². The van der Waals surface area contributed by atoms with Crippen molar-refractivity contribution in [2.24, 2.45) is 0 Å². The molecule has 0 unspecified atom stereocenters. The molecule has 0 aliphatic carbocycles. The predicted molar refractivity (Wildman–Crippen MR) is 55.2 cm³/mol. The molecule has 0 spiro atoms. The van der Waals surface area contributed by atoms with Gasteiger partial charge in [0.15, 0.2) is 0 Å². The molecule has 13 heavy (non-hydrogen) atoms. The molecular formula is C8H20N2O2S. The van der Waals surface area contributed by atoms with Gasteiger partial charge < -0.3 is 5.32 Å². The largest absolute Gasteiger partial charge is 0.313 e. The maximum absolute atomic E-state index is 11.4. The number of sulfonamides is 1. The maximum Gasteiger partial charge on any atom is 0.215 e. The van der Waals surface area contributed by atoms with E-state index in [0.29, 0.717) is 19.1 Å². The summed E-state index contributed by atoms with van der Waals surface area (Å²) in [6.45, 7) is 6.87. The standard InChI is InChI=1S/C8H20N2O2S/c1-5-10(4)13(11,12)7-6-9-8(2)3/h8-9H,5-7H2,1-4H3. The number of hydrogen-bond acceptors (Lipinski definition) is 3. The van der Waals surface area contributed by atoms with E-state index >= 15 is 0 Å². The van der Waals surface area contributed by atoms with E-state index < -0.39 is 10.0 Å². The van der Waals surface area contributed by atoms with Crippen LogP contribution in [0.4, 0.5) is 0 Å². The molecule has 0 atom stereocenters. The van der Waals surface area contributed by atoms with E-state index in [1.165, 1.54) is 4.31 Å². The summed E-state index contributed by atoms with van der Waals surface area (Å²) in [5.41, 5.74) is 0. The van der Waals surface area contributed by atoms with Crippen LogP contribution in [0.2, 0.25) is 0 Å². The fourth-order valence-electron chi connectivity index (χ4n) is 0.829. The van der Waals surface area contributed by atoms with Crippen LogP contribution < -0.4 is 5.32 Å². The molecular weight excluding hydrogens is 188 g/mol. The van der Waals surface area contributed by atoms with Gasteiger partial charge in [0.1, 0.15) is 0 Å². The molecule has 0 aromatic carbocycles. The van der Waals surface area contributed by atoms with Crippen molar-refractivity contribution in [2.45, 2.75) is 26.8 Å². The van der Waals surface area contributed by atoms with Gasteiger partial charge in [-0.3, -0.25) is 0 Å². The third-order valence-corrected chi connectivity index (χ3v) is 3.76. The summed E-state index contributed by atoms with van der Waals surface area (Å²) in [5.74, 6) is 0.176. The molecule has 0 aliphatic rings. The van der Waals surface area contributed by atoms with Crippen molar-refractivity contribution in [2.75, 3.05) is 25.9 Å². The normalized spacial score (nSPS) is 12.8. The lowest BCUT2D eigenvalue weighted by Crippen LogP contribution is -2.35. The monoisotopic (exact) mass is 208 g/mol. The highest BCUT2D eigenvalue weighted by atomic mass is 32.2. The summed E-state index contributed by atoms with van der Waals surface area (Å²) < 4.78 is 24.2. The van der Waals surface area contributed by atoms with Crippen LogP contribution in [0.1, 0.15) is 20.8 Å². The minimum absolute atomic E-state index is 0.176. The minimum Gasteiger partial charge on any atom is -0.313 e. The summed E-state index contributed by atoms with van der Waals surface area (Å²) in [7, 11) is -1.43. The Morgan fingerprint density at radius 2 is 1.92 bits per heavy atom. The van der Waals surface area contributed by atoms with Crippen LogP contribution in [-0.4, -0.2) is 44.7 Å². The molecule has 1 N–H and O–H groups in total. The van der Waals surface area contributed by atoms with Crippen LogP contribution in [0.25, 0.3) is 0 Å². The Labute approximate surface area is 81.4 Å². The first kappa shape index (κ1) is 12.9. The second-order valence-corrected chi connectivity index (χ2v) is 5.53. The van der Waals surface area contributed by atoms with Gasteiger partial charge in [0.25, 0.3) is 0 Å². The SMILES string of the molecule is CCN(C)S(=O)(=O)CCNC(C)C. The van der Waals surface area contributed by atoms with Crippen LogP contribution in [-0.2, 0) is 10.0 Å². The van der Waals surface area contributed by atoms with Gasteiger partial charge in [-0.25, -0.2) is 12.7 Å². The summed E-state index contributed by atoms with van der Waals surface area (Å²) in [6.07, 6.45) is 0. The topological polar surface area (TPSA) is 49.4 Å². The summed E-state index contributed by atoms with van der Waals surface area (Å²) >= 11 is 0. The van der Waals surface area contributed by atoms with Gasteiger partial charge in [-0.1, -0.05) is 20.8 Å². The van der Waals surface area contributed by atoms with Crippen LogP contribution in [0.5, 0.6) is 0 Å². The molecule has 0 radical (unpaired) electrons. The van der Waals surface area contributed by atoms with Crippen LogP contribution in [0.15, 0.2) is 0 Å². The second kappa shape index (κ2) is 5.57. The predicted octanol–water partition coefficient (Wildman–Crippen LogP) is 0.266. The highest BCUT2D eigenvalue weighted by molar-refractivity contribution is 7.89. The molecule has 0 aliphatic heterocycles. The Morgan fingerprint density at radius 3 is 2.31 bits per heavy atom. The molecule has 0 aromatic rings. The number of nitrogens with zero attached hydrogens (tertiary/aromatic N) is 1. The zero-order valence-corrected chi connectivity index (χ0v) is 9.69. The number of hydrogen-bond donors (Lipinski definition) is 1. The molecule has 0 saturated heterocycles. The first-order valence-electron chi connectivity index (χ1n) is 4.57. The Kier molecular flexibility index (Phi) is 5.51. The zero-order chi connectivity index (χ0) is 10.5. The smallest absolute Gasteiger partial charge is 0.215 e. The van der Waals surface area contributed by atoms with Gasteiger partial charge >= 0.3 is 0 Å². The van der Waals surface area contributed by atoms with Crippen molar-refractivity contribution >= 4 is 10.0 Å². The second-order valence-electron chi connectivity index (χ2n) is 3.34. The van der Waals surface area contributed by atoms with Gasteiger partial charge in [-0.05, 0) is 0 Å². The minimum atomic E-state index is -3.04. The van der Waals surface area contributed by atoms with E-state index in [0.717, 1.165) is 0 Å². The van der Waals surface area contributed by atoms with Crippen LogP contribution in [0.3, 0.4) is 0 Å². The van der Waals surface area contributed by atoms with Gasteiger partial charge in [-0.2, -0.15) is 0 Å². The molecule has 0 aromatic heterocycles. The fraction of sp³-hybridized carbons (Fsp3) is 1.00. The third kappa shape index (κ3) is 5.23. The molecule has 0 fully saturated rings. The van der Waals surface area contributed by atoms with E-state index in [-0.39, 0.29) is 5.75 Å². The van der Waals surface area contributed by atoms with E-state index in [1.807, 2.05) is 20.8 Å². The molecule has 0 amide bonds. The molecule has 0 bridgehead atoms. The average molecular weight is 208 g/mol. The van der Waals surface area contributed by atoms with Crippen LogP contribution >= 0.6 is 0 Å². The zero-order valence-electron chi connectivity index (χ0n) is 8.87. The van der Waals surface area contributed by atoms with Crippen molar-refractivity contribution in [3.63, 3.8) is 0 Å². The van der Waals surface area contributed by atoms with Crippen molar-refractivity contribution in [1.82, 2.24) is 9.62 Å². The lowest BCUT2D eigenvalue weighted by molar-refractivity contribution is 0.482. The van der Waals surface area contributed by atoms with Crippen molar-refractivity contribution < 1.29 is 8.42 Å². The number of rotatable bonds is 6. The van der Waals surface area contributed by atoms with E-state index in [4.69, 9.17) is 0 Å². The Bertz CT molecular complexity index is 224. The molecule has 0 rings (SSSR count). The van der Waals surface area contributed by atoms with Gasteiger partial charge in [-0.15, -0.1) is 0 Å². The van der Waals surface area contributed by atoms with Crippen molar-refractivity contribution in [3.8, 4) is 0 Å². The van der Waals surface area contributed by atoms with Crippen molar-refractivity contribution in [1.29, 1.82) is 0 Å². The first-order valence-corrected chi connectivity index (χ1v) is 6.18. The summed E-state index contributed by atoms with van der Waals surface area (Å²) in [5, 5.41) is 3.07. The lowest BCUT2D eigenvalue weighted by Gasteiger charge is -2.15. The highest BCUT2D eigenvalue weighted by Crippen LogP contribution is 1.95. The average Bonchev–Trinajstić information content (AvgIpc) is 2.01. The number of nitrogens with one attached hydrogen (secondary N) is 1. The summed E-state index contributed by atoms with van der Waals surface area (Å²) in [4.78, 5) is 0. The van der Waals surface area contributed by atoms with E-state index in [9.17, 15) is 8.42 Å². The molecule has 4 nitrogen and oxygen atoms in total. The quantitative estimate of drug-likeness (QED) is 0.681. The Balaban J connectivity index is 3.91. The lowest BCUT2D eigenvalue weighted by atomic mass is 10.4. The highest BCUT2D eigenvalue weighted by Gasteiger charge is 2.14. The van der Waals surface area contributed by atoms with E-state index in [2.05, 4.69) is 5.32 Å². The fourth-order valence-corrected chi connectivity index (χ4v) is 1.91. The third-order valence-electron chi connectivity index (χ3n) is 1.83. The van der Waals surface area contributed by atoms with Crippen LogP contribution in [0, 0.1) is 0 Å². The summed E-state index contributed by atoms with van der Waals surface area (Å²) in [6, 6.07) is 0.335. The van der Waals surface area contributed by atoms with E-state index in [1.54, 1.807) is 7.05 Å². The maximum atomic E-state index is 11.4. The molecule has 0 saturated carbocycles. The molecule has 5 heteroatoms. The molecule has 80 valence electrons. The van der Waals surface area contributed by atoms with Gasteiger partial charge in [0.05, 0.1) is 5.75 Å². The first-order chi connectivity index (χ1) is 5.90. The van der Waals surface area contributed by atoms with Crippen molar-refractivity contribution in [3.05, 3.63) is 0 Å². The van der Waals surface area contributed by atoms with Gasteiger partial charge in [0, 0.05) is 26.2 Å².